The first-order valence-electron chi connectivity index (χ1n) is 57.2. The van der Waals surface area contributed by atoms with Crippen molar-refractivity contribution in [2.45, 2.75) is 385 Å². The van der Waals surface area contributed by atoms with Gasteiger partial charge in [0.1, 0.15) is 0 Å². The zero-order chi connectivity index (χ0) is 95.8. The molecular weight excluding hydrogens is 1690 g/mol. The number of nitrogens with zero attached hydrogens (tertiary/aromatic N) is 2. The van der Waals surface area contributed by atoms with E-state index >= 15 is 0 Å². The predicted molar refractivity (Wildman–Crippen MR) is 604 cm³/mol. The summed E-state index contributed by atoms with van der Waals surface area (Å²) in [6, 6.07) is 112. The molecule has 2 nitrogen and oxygen atoms in total. The molecule has 0 radical (unpaired) electrons. The van der Waals surface area contributed by atoms with E-state index in [1.807, 2.05) is 0 Å². The number of hydrogen-bond acceptors (Lipinski definition) is 2. The quantitative estimate of drug-likeness (QED) is 0.0351. The molecule has 0 aliphatic heterocycles. The average molecular weight is 1850 g/mol. The van der Waals surface area contributed by atoms with Crippen molar-refractivity contribution < 1.29 is 0 Å². The highest BCUT2D eigenvalue weighted by molar-refractivity contribution is 5.95. The lowest BCUT2D eigenvalue weighted by atomic mass is 9.65. The van der Waals surface area contributed by atoms with Gasteiger partial charge < -0.3 is 9.80 Å². The topological polar surface area (TPSA) is 6.48 Å². The first-order chi connectivity index (χ1) is 69.0. The third-order valence-corrected chi connectivity index (χ3v) is 35.2. The van der Waals surface area contributed by atoms with Gasteiger partial charge in [-0.05, 0) is 318 Å². The first kappa shape index (κ1) is 98.2. The van der Waals surface area contributed by atoms with E-state index in [2.05, 4.69) is 338 Å². The lowest BCUT2D eigenvalue weighted by Gasteiger charge is -2.37. The van der Waals surface area contributed by atoms with Gasteiger partial charge in [-0.15, -0.1) is 0 Å². The molecule has 140 heavy (non-hydrogen) atoms. The SMILES string of the molecule is CCCCCCCCC1(CCCCCCCC)c2cc(-c3ccc4c(c3)C(c3ccc5c(c3)CC5)(c3ccc5c(c3)CC5)c3cc(-c5ccccc5)ccc3-4)ccc2-c2ccc(N(c3ccccc3)c3ccc4c(c3)C(CCCCCCCC)(CCCCCCCC)c3cc(N(c5ccccc5)c5ccc6c(c5)C(CCCCCCCC)(CCCCCCCC)c5cc(C(C)CC)ccc5-6)ccc3-4)cc21. The zero-order valence-corrected chi connectivity index (χ0v) is 87.2. The minimum atomic E-state index is -0.529. The molecule has 0 saturated carbocycles. The molecule has 0 saturated heterocycles. The molecule has 6 aliphatic carbocycles. The Morgan fingerprint density at radius 2 is 0.464 bits per heavy atom. The molecule has 1 unspecified atom stereocenters. The molecule has 1 atom stereocenters. The van der Waals surface area contributed by atoms with Crippen LogP contribution in [0.4, 0.5) is 34.1 Å². The standard InChI is InChI=1S/C138H164N2/c1-9-16-22-28-34-49-85-135(86-50-35-29-23-17-10-2)127-93-105(101(8)15-7)67-77-119(127)121-81-73-115(97-129(121)135)139(113-57-45-41-46-58-113)117-75-83-123-124-84-76-118(100-132(124)137(131(123)99-117,89-53-38-32-26-20-13-5)90-54-39-33-27-21-14-6)140(114-59-47-42-48-60-114)116-74-82-122-120-78-69-109(94-128(120)136(130(122)98-116,87-51-36-30-24-18-11-3)88-52-37-31-25-19-12-4)110-70-80-126-125-79-68-108(102-55-43-40-44-56-102)95-133(125)138(134(126)96-110,111-71-65-103-61-63-106(103)91-111)112-72-66-104-62-64-107(104)92-112/h40-48,55-60,65-84,91-101H,9-39,49-54,61-64,85-90H2,1-8H3. The van der Waals surface area contributed by atoms with Crippen molar-refractivity contribution >= 4 is 34.1 Å². The maximum Gasteiger partial charge on any atom is 0.0714 e. The van der Waals surface area contributed by atoms with Gasteiger partial charge in [0.15, 0.2) is 0 Å². The molecule has 0 bridgehead atoms. The van der Waals surface area contributed by atoms with Gasteiger partial charge in [-0.3, -0.25) is 0 Å². The summed E-state index contributed by atoms with van der Waals surface area (Å²) < 4.78 is 0. The minimum Gasteiger partial charge on any atom is -0.310 e. The summed E-state index contributed by atoms with van der Waals surface area (Å²) >= 11 is 0. The largest absolute Gasteiger partial charge is 0.310 e. The van der Waals surface area contributed by atoms with Gasteiger partial charge in [-0.1, -0.05) is 469 Å². The van der Waals surface area contributed by atoms with Crippen molar-refractivity contribution in [3.05, 3.63) is 356 Å². The Balaban J connectivity index is 0.751. The summed E-state index contributed by atoms with van der Waals surface area (Å²) in [5, 5.41) is 0. The fraction of sp³-hybridized carbons (Fsp3) is 0.435. The van der Waals surface area contributed by atoms with Crippen LogP contribution < -0.4 is 9.80 Å². The molecule has 2 heteroatoms. The van der Waals surface area contributed by atoms with E-state index in [0.717, 1.165) is 44.9 Å². The number of unbranched alkanes of at least 4 members (excludes halogenated alkanes) is 30. The number of hydrogen-bond donors (Lipinski definition) is 0. The molecule has 0 fully saturated rings. The van der Waals surface area contributed by atoms with Crippen LogP contribution in [0.3, 0.4) is 0 Å². The van der Waals surface area contributed by atoms with Gasteiger partial charge >= 0.3 is 0 Å². The van der Waals surface area contributed by atoms with E-state index in [-0.39, 0.29) is 16.2 Å². The second-order valence-electron chi connectivity index (χ2n) is 44.1. The lowest BCUT2D eigenvalue weighted by molar-refractivity contribution is 0.397. The summed E-state index contributed by atoms with van der Waals surface area (Å²) in [6.45, 7) is 19.1. The van der Waals surface area contributed by atoms with Crippen molar-refractivity contribution in [1.82, 2.24) is 0 Å². The molecule has 0 aromatic heterocycles. The highest BCUT2D eigenvalue weighted by Gasteiger charge is 2.51. The van der Waals surface area contributed by atoms with Crippen LogP contribution in [0.1, 0.15) is 421 Å². The van der Waals surface area contributed by atoms with Crippen LogP contribution in [0.5, 0.6) is 0 Å². The van der Waals surface area contributed by atoms with Gasteiger partial charge in [0.2, 0.25) is 0 Å². The van der Waals surface area contributed by atoms with Crippen LogP contribution >= 0.6 is 0 Å². The lowest BCUT2D eigenvalue weighted by Crippen LogP contribution is -2.30. The molecule has 726 valence electrons. The number of anilines is 6. The Morgan fingerprint density at radius 3 is 0.764 bits per heavy atom. The fourth-order valence-corrected chi connectivity index (χ4v) is 27.0. The summed E-state index contributed by atoms with van der Waals surface area (Å²) in [6.07, 6.45) is 58.9. The van der Waals surface area contributed by atoms with Crippen molar-refractivity contribution in [3.63, 3.8) is 0 Å². The van der Waals surface area contributed by atoms with Crippen molar-refractivity contribution in [1.29, 1.82) is 0 Å². The normalized spacial score (nSPS) is 14.7. The number of fused-ring (bicyclic) bond motifs is 14. The van der Waals surface area contributed by atoms with Gasteiger partial charge in [0.05, 0.1) is 5.41 Å². The molecule has 13 aromatic rings. The highest BCUT2D eigenvalue weighted by atomic mass is 15.1. The minimum absolute atomic E-state index is 0.0637. The second-order valence-corrected chi connectivity index (χ2v) is 44.1. The number of para-hydroxylation sites is 2. The number of benzene rings is 13. The molecule has 13 aromatic carbocycles. The van der Waals surface area contributed by atoms with Crippen molar-refractivity contribution in [2.75, 3.05) is 9.80 Å². The predicted octanol–water partition coefficient (Wildman–Crippen LogP) is 41.3. The summed E-state index contributed by atoms with van der Waals surface area (Å²) in [4.78, 5) is 5.42. The van der Waals surface area contributed by atoms with Crippen LogP contribution in [0.25, 0.3) is 66.8 Å². The van der Waals surface area contributed by atoms with Crippen LogP contribution in [0.2, 0.25) is 0 Å². The molecule has 6 aliphatic rings. The van der Waals surface area contributed by atoms with Gasteiger partial charge in [0.25, 0.3) is 0 Å². The monoisotopic (exact) mass is 1850 g/mol. The molecule has 0 spiro atoms. The van der Waals surface area contributed by atoms with E-state index < -0.39 is 5.41 Å². The Labute approximate surface area is 845 Å². The maximum absolute atomic E-state index is 2.77. The maximum atomic E-state index is 2.77. The molecule has 0 heterocycles. The zero-order valence-electron chi connectivity index (χ0n) is 87.2. The summed E-state index contributed by atoms with van der Waals surface area (Å²) in [5.74, 6) is 0.512. The van der Waals surface area contributed by atoms with Crippen LogP contribution in [-0.4, -0.2) is 0 Å². The fourth-order valence-electron chi connectivity index (χ4n) is 27.0. The Morgan fingerprint density at radius 1 is 0.207 bits per heavy atom. The second kappa shape index (κ2) is 45.8. The molecular formula is C138H164N2. The number of aryl methyl sites for hydroxylation is 4. The summed E-state index contributed by atoms with van der Waals surface area (Å²) in [5.41, 5.74) is 45.6. The highest BCUT2D eigenvalue weighted by Crippen LogP contribution is 2.64. The van der Waals surface area contributed by atoms with E-state index in [4.69, 9.17) is 0 Å². The van der Waals surface area contributed by atoms with E-state index in [1.54, 1.807) is 27.8 Å². The average Bonchev–Trinajstić information content (AvgIpc) is 1.55. The summed E-state index contributed by atoms with van der Waals surface area (Å²) in [7, 11) is 0. The van der Waals surface area contributed by atoms with Crippen LogP contribution in [-0.2, 0) is 47.3 Å². The van der Waals surface area contributed by atoms with Gasteiger partial charge in [-0.2, -0.15) is 0 Å². The van der Waals surface area contributed by atoms with E-state index in [1.165, 1.54) is 413 Å². The smallest absolute Gasteiger partial charge is 0.0714 e. The first-order valence-corrected chi connectivity index (χ1v) is 57.2. The van der Waals surface area contributed by atoms with E-state index in [9.17, 15) is 0 Å². The number of rotatable bonds is 54. The molecule has 19 rings (SSSR count). The third kappa shape index (κ3) is 19.7. The van der Waals surface area contributed by atoms with Gasteiger partial charge in [-0.25, -0.2) is 0 Å². The molecule has 0 N–H and O–H groups in total. The van der Waals surface area contributed by atoms with E-state index in [0.29, 0.717) is 5.92 Å². The molecule has 0 amide bonds. The van der Waals surface area contributed by atoms with Gasteiger partial charge in [0, 0.05) is 50.4 Å². The van der Waals surface area contributed by atoms with Crippen LogP contribution in [0.15, 0.2) is 273 Å². The van der Waals surface area contributed by atoms with Crippen LogP contribution in [0, 0.1) is 0 Å². The Kier molecular flexibility index (Phi) is 32.1. The Bertz CT molecular complexity index is 6230. The Hall–Kier alpha value is -10.5. The van der Waals surface area contributed by atoms with Crippen molar-refractivity contribution in [2.24, 2.45) is 0 Å². The van der Waals surface area contributed by atoms with Crippen molar-refractivity contribution in [3.8, 4) is 66.8 Å². The third-order valence-electron chi connectivity index (χ3n) is 35.2.